The fraction of sp³-hybridized carbons (Fsp3) is 1.00. The van der Waals surface area contributed by atoms with Crippen LogP contribution in [0.1, 0.15) is 6.92 Å². The van der Waals surface area contributed by atoms with Crippen molar-refractivity contribution in [2.24, 2.45) is 0 Å². The van der Waals surface area contributed by atoms with E-state index in [1.54, 1.807) is 6.92 Å². The predicted octanol–water partition coefficient (Wildman–Crippen LogP) is -9.37. The van der Waals surface area contributed by atoms with Gasteiger partial charge in [-0.05, 0) is 6.92 Å². The smallest absolute Gasteiger partial charge is 1.00 e. The Kier molecular flexibility index (Phi) is 288. The van der Waals surface area contributed by atoms with Gasteiger partial charge in [-0.25, -0.2) is 0 Å². The Morgan fingerprint density at radius 1 is 1.14 bits per heavy atom. The van der Waals surface area contributed by atoms with Gasteiger partial charge in [0.1, 0.15) is 0 Å². The molecule has 0 heterocycles. The van der Waals surface area contributed by atoms with Gasteiger partial charge in [-0.3, -0.25) is 0 Å². The number of aliphatic hydroxyl groups is 1. The largest absolute Gasteiger partial charge is 3.00 e. The van der Waals surface area contributed by atoms with Gasteiger partial charge in [-0.15, -0.1) is 0 Å². The third-order valence-electron chi connectivity index (χ3n) is 0. The molecule has 44 valence electrons. The molecule has 0 unspecified atom stereocenters. The standard InChI is InChI=1S/C2H6O.3ClH.Ga/c1-2-3;;;;/h3H,2H2,1H3;3*1H;/q;;;;+3/p-3. The maximum atomic E-state index is 7.57. The second-order valence-electron chi connectivity index (χ2n) is 0.316. The molecule has 1 nitrogen and oxygen atoms in total. The number of hydrogen-bond donors (Lipinski definition) is 1. The molecule has 0 bridgehead atoms. The van der Waals surface area contributed by atoms with Crippen LogP contribution in [0.3, 0.4) is 0 Å². The van der Waals surface area contributed by atoms with Gasteiger partial charge >= 0.3 is 19.8 Å². The third-order valence-corrected chi connectivity index (χ3v) is 0. The summed E-state index contributed by atoms with van der Waals surface area (Å²) in [6, 6.07) is 0. The average molecular weight is 222 g/mol. The summed E-state index contributed by atoms with van der Waals surface area (Å²) >= 11 is 0. The Labute approximate surface area is 75.5 Å². The first kappa shape index (κ1) is 39.3. The predicted molar refractivity (Wildman–Crippen MR) is 18.5 cm³/mol. The Morgan fingerprint density at radius 3 is 1.14 bits per heavy atom. The first-order valence-electron chi connectivity index (χ1n) is 1.02. The molecule has 0 aliphatic heterocycles. The van der Waals surface area contributed by atoms with Crippen LogP contribution < -0.4 is 37.2 Å². The Balaban J connectivity index is -0.00000000333. The van der Waals surface area contributed by atoms with Crippen molar-refractivity contribution >= 4 is 19.8 Å². The van der Waals surface area contributed by atoms with E-state index >= 15 is 0 Å². The van der Waals surface area contributed by atoms with E-state index in [2.05, 4.69) is 0 Å². The molecule has 0 spiro atoms. The van der Waals surface area contributed by atoms with Crippen LogP contribution in [0.2, 0.25) is 0 Å². The van der Waals surface area contributed by atoms with Crippen LogP contribution >= 0.6 is 0 Å². The van der Waals surface area contributed by atoms with E-state index < -0.39 is 0 Å². The van der Waals surface area contributed by atoms with E-state index in [4.69, 9.17) is 5.11 Å². The summed E-state index contributed by atoms with van der Waals surface area (Å²) in [7, 11) is 0. The SMILES string of the molecule is CCO.[Cl-].[Cl-].[Cl-].[Ga+3]. The molecule has 0 aromatic heterocycles. The number of rotatable bonds is 0. The van der Waals surface area contributed by atoms with Crippen molar-refractivity contribution in [3.63, 3.8) is 0 Å². The maximum Gasteiger partial charge on any atom is 3.00 e. The zero-order valence-electron chi connectivity index (χ0n) is 3.87. The Bertz CT molecular complexity index is 12.9. The van der Waals surface area contributed by atoms with Gasteiger partial charge in [-0.1, -0.05) is 0 Å². The summed E-state index contributed by atoms with van der Waals surface area (Å²) in [5, 5.41) is 7.57. The first-order chi connectivity index (χ1) is 1.41. The second-order valence-corrected chi connectivity index (χ2v) is 0.316. The van der Waals surface area contributed by atoms with Crippen molar-refractivity contribution in [2.75, 3.05) is 6.61 Å². The van der Waals surface area contributed by atoms with Crippen LogP contribution in [0.25, 0.3) is 0 Å². The van der Waals surface area contributed by atoms with Crippen LogP contribution in [0, 0.1) is 0 Å². The molecule has 0 fully saturated rings. The Hall–Kier alpha value is 1.47. The molecule has 0 aromatic rings. The summed E-state index contributed by atoms with van der Waals surface area (Å²) in [4.78, 5) is 0. The minimum atomic E-state index is 0. The quantitative estimate of drug-likeness (QED) is 0.404. The van der Waals surface area contributed by atoms with E-state index in [9.17, 15) is 0 Å². The summed E-state index contributed by atoms with van der Waals surface area (Å²) in [5.41, 5.74) is 0. The monoisotopic (exact) mass is 220 g/mol. The van der Waals surface area contributed by atoms with Crippen molar-refractivity contribution in [2.45, 2.75) is 6.92 Å². The molecule has 0 aliphatic rings. The molecule has 1 N–H and O–H groups in total. The van der Waals surface area contributed by atoms with Crippen LogP contribution in [0.4, 0.5) is 0 Å². The summed E-state index contributed by atoms with van der Waals surface area (Å²) < 4.78 is 0. The van der Waals surface area contributed by atoms with Crippen LogP contribution in [-0.4, -0.2) is 31.5 Å². The molecule has 0 rings (SSSR count). The van der Waals surface area contributed by atoms with E-state index in [0.717, 1.165) is 0 Å². The normalized spacial score (nSPS) is 2.57. The minimum absolute atomic E-state index is 0. The number of aliphatic hydroxyl groups excluding tert-OH is 1. The second kappa shape index (κ2) is 51.3. The zero-order valence-corrected chi connectivity index (χ0v) is 8.56. The average Bonchev–Trinajstić information content (AvgIpc) is 0.918. The van der Waals surface area contributed by atoms with E-state index in [1.807, 2.05) is 0 Å². The summed E-state index contributed by atoms with van der Waals surface area (Å²) in [6.07, 6.45) is 0. The molecular formula is C2H6Cl3GaO. The number of hydrogen-bond acceptors (Lipinski definition) is 1. The van der Waals surface area contributed by atoms with Gasteiger partial charge in [0.15, 0.2) is 0 Å². The molecule has 0 radical (unpaired) electrons. The fourth-order valence-electron chi connectivity index (χ4n) is 0. The van der Waals surface area contributed by atoms with Gasteiger partial charge in [-0.2, -0.15) is 0 Å². The van der Waals surface area contributed by atoms with Crippen LogP contribution in [0.15, 0.2) is 0 Å². The Morgan fingerprint density at radius 2 is 1.14 bits per heavy atom. The van der Waals surface area contributed by atoms with Crippen LogP contribution in [-0.2, 0) is 0 Å². The van der Waals surface area contributed by atoms with Gasteiger partial charge in [0.2, 0.25) is 0 Å². The topological polar surface area (TPSA) is 20.2 Å². The minimum Gasteiger partial charge on any atom is -1.00 e. The molecule has 0 saturated carbocycles. The van der Waals surface area contributed by atoms with Crippen molar-refractivity contribution in [1.29, 1.82) is 0 Å². The van der Waals surface area contributed by atoms with Gasteiger partial charge in [0, 0.05) is 6.61 Å². The zero-order chi connectivity index (χ0) is 2.71. The maximum absolute atomic E-state index is 7.57. The van der Waals surface area contributed by atoms with Crippen LogP contribution in [0.5, 0.6) is 0 Å². The number of halogens is 3. The molecule has 0 amide bonds. The molecule has 0 aliphatic carbocycles. The van der Waals surface area contributed by atoms with E-state index in [0.29, 0.717) is 0 Å². The molecule has 0 saturated heterocycles. The molecular weight excluding hydrogens is 216 g/mol. The van der Waals surface area contributed by atoms with Crippen molar-refractivity contribution in [3.8, 4) is 0 Å². The molecule has 0 atom stereocenters. The summed E-state index contributed by atoms with van der Waals surface area (Å²) in [5.74, 6) is 0. The van der Waals surface area contributed by atoms with Crippen molar-refractivity contribution in [1.82, 2.24) is 0 Å². The third kappa shape index (κ3) is 104. The first-order valence-corrected chi connectivity index (χ1v) is 1.02. The summed E-state index contributed by atoms with van der Waals surface area (Å²) in [6.45, 7) is 1.93. The molecule has 5 heteroatoms. The van der Waals surface area contributed by atoms with E-state index in [-0.39, 0.29) is 63.6 Å². The fourth-order valence-corrected chi connectivity index (χ4v) is 0. The van der Waals surface area contributed by atoms with Crippen molar-refractivity contribution in [3.05, 3.63) is 0 Å². The van der Waals surface area contributed by atoms with E-state index in [1.165, 1.54) is 0 Å². The molecule has 0 aromatic carbocycles. The van der Waals surface area contributed by atoms with Gasteiger partial charge in [0.05, 0.1) is 0 Å². The van der Waals surface area contributed by atoms with Gasteiger partial charge in [0.25, 0.3) is 0 Å². The van der Waals surface area contributed by atoms with Crippen molar-refractivity contribution < 1.29 is 42.3 Å². The van der Waals surface area contributed by atoms with Gasteiger partial charge < -0.3 is 42.3 Å². The molecule has 7 heavy (non-hydrogen) atoms.